The lowest BCUT2D eigenvalue weighted by Crippen LogP contribution is -2.77. The number of fused-ring (bicyclic) bond motifs is 10. The molecular formula is C68H44N2O2Si. The molecule has 0 saturated heterocycles. The van der Waals surface area contributed by atoms with Crippen LogP contribution in [-0.2, 0) is 0 Å². The van der Waals surface area contributed by atoms with Gasteiger partial charge in [-0.05, 0) is 121 Å². The molecule has 1 aliphatic rings. The molecule has 15 rings (SSSR count). The van der Waals surface area contributed by atoms with Crippen molar-refractivity contribution in [1.29, 1.82) is 0 Å². The Labute approximate surface area is 422 Å². The first-order valence-electron chi connectivity index (χ1n) is 25.0. The van der Waals surface area contributed by atoms with Crippen LogP contribution < -0.4 is 30.5 Å². The summed E-state index contributed by atoms with van der Waals surface area (Å²) in [5.74, 6) is 0. The maximum Gasteiger partial charge on any atom is 0.184 e. The van der Waals surface area contributed by atoms with E-state index in [1.165, 1.54) is 53.4 Å². The molecule has 342 valence electrons. The van der Waals surface area contributed by atoms with Crippen LogP contribution in [0.2, 0.25) is 0 Å². The molecule has 3 heterocycles. The van der Waals surface area contributed by atoms with Crippen LogP contribution in [0.4, 0.5) is 34.1 Å². The highest BCUT2D eigenvalue weighted by Gasteiger charge is 2.49. The lowest BCUT2D eigenvalue weighted by atomic mass is 9.98. The number of rotatable bonds is 7. The molecular weight excluding hydrogens is 905 g/mol. The van der Waals surface area contributed by atoms with Gasteiger partial charge in [0.05, 0.1) is 5.69 Å². The van der Waals surface area contributed by atoms with E-state index in [1.807, 2.05) is 0 Å². The largest absolute Gasteiger partial charge is 0.456 e. The van der Waals surface area contributed by atoms with E-state index in [-0.39, 0.29) is 0 Å². The van der Waals surface area contributed by atoms with E-state index in [1.54, 1.807) is 0 Å². The van der Waals surface area contributed by atoms with Crippen molar-refractivity contribution < 1.29 is 8.83 Å². The number of para-hydroxylation sites is 4. The van der Waals surface area contributed by atoms with Gasteiger partial charge in [-0.25, -0.2) is 0 Å². The van der Waals surface area contributed by atoms with Gasteiger partial charge in [0.2, 0.25) is 0 Å². The van der Waals surface area contributed by atoms with Crippen molar-refractivity contribution in [3.05, 3.63) is 267 Å². The van der Waals surface area contributed by atoms with Crippen molar-refractivity contribution in [2.45, 2.75) is 0 Å². The Kier molecular flexibility index (Phi) is 9.25. The predicted octanol–water partition coefficient (Wildman–Crippen LogP) is 16.1. The molecule has 0 radical (unpaired) electrons. The zero-order valence-electron chi connectivity index (χ0n) is 39.6. The van der Waals surface area contributed by atoms with Gasteiger partial charge in [0.1, 0.15) is 22.3 Å². The minimum absolute atomic E-state index is 0.880. The second kappa shape index (κ2) is 16.3. The van der Waals surface area contributed by atoms with Gasteiger partial charge in [-0.3, -0.25) is 0 Å². The van der Waals surface area contributed by atoms with Crippen LogP contribution in [-0.4, -0.2) is 8.07 Å². The van der Waals surface area contributed by atoms with Gasteiger partial charge in [0.25, 0.3) is 0 Å². The molecule has 14 aromatic rings. The topological polar surface area (TPSA) is 32.8 Å². The van der Waals surface area contributed by atoms with E-state index in [2.05, 4.69) is 277 Å². The van der Waals surface area contributed by atoms with E-state index in [0.717, 1.165) is 78.0 Å². The number of nitrogens with zero attached hydrogens (tertiary/aromatic N) is 2. The molecule has 0 unspecified atom stereocenters. The Morgan fingerprint density at radius 1 is 0.329 bits per heavy atom. The Hall–Kier alpha value is -9.42. The summed E-state index contributed by atoms with van der Waals surface area (Å²) in [4.78, 5) is 4.94. The van der Waals surface area contributed by atoms with Crippen molar-refractivity contribution >= 4 is 128 Å². The summed E-state index contributed by atoms with van der Waals surface area (Å²) < 4.78 is 13.5. The van der Waals surface area contributed by atoms with Crippen molar-refractivity contribution in [3.8, 4) is 11.1 Å². The molecule has 1 aliphatic heterocycles. The molecule has 0 fully saturated rings. The summed E-state index contributed by atoms with van der Waals surface area (Å²) >= 11 is 0. The van der Waals surface area contributed by atoms with Crippen LogP contribution in [0.5, 0.6) is 0 Å². The summed E-state index contributed by atoms with van der Waals surface area (Å²) in [7, 11) is -3.29. The number of hydrogen-bond donors (Lipinski definition) is 0. The van der Waals surface area contributed by atoms with Gasteiger partial charge >= 0.3 is 0 Å². The van der Waals surface area contributed by atoms with Gasteiger partial charge < -0.3 is 18.6 Å². The van der Waals surface area contributed by atoms with E-state index >= 15 is 0 Å². The van der Waals surface area contributed by atoms with E-state index in [4.69, 9.17) is 8.83 Å². The van der Waals surface area contributed by atoms with Crippen LogP contribution >= 0.6 is 0 Å². The molecule has 2 aromatic heterocycles. The van der Waals surface area contributed by atoms with Crippen molar-refractivity contribution in [2.75, 3.05) is 9.80 Å². The third-order valence-corrected chi connectivity index (χ3v) is 20.1. The zero-order chi connectivity index (χ0) is 48.0. The molecule has 0 saturated carbocycles. The monoisotopic (exact) mass is 948 g/mol. The van der Waals surface area contributed by atoms with Crippen LogP contribution in [0, 0.1) is 0 Å². The Morgan fingerprint density at radius 2 is 0.849 bits per heavy atom. The average molecular weight is 949 g/mol. The fourth-order valence-electron chi connectivity index (χ4n) is 12.1. The van der Waals surface area contributed by atoms with E-state index < -0.39 is 8.07 Å². The van der Waals surface area contributed by atoms with Gasteiger partial charge in [0.15, 0.2) is 8.07 Å². The Morgan fingerprint density at radius 3 is 1.55 bits per heavy atom. The van der Waals surface area contributed by atoms with Gasteiger partial charge in [0, 0.05) is 55.4 Å². The van der Waals surface area contributed by atoms with Crippen LogP contribution in [0.3, 0.4) is 0 Å². The molecule has 0 bridgehead atoms. The second-order valence-corrected chi connectivity index (χ2v) is 22.9. The van der Waals surface area contributed by atoms with Crippen LogP contribution in [0.25, 0.3) is 76.5 Å². The average Bonchev–Trinajstić information content (AvgIpc) is 4.03. The summed E-state index contributed by atoms with van der Waals surface area (Å²) in [6.07, 6.45) is 0. The fourth-order valence-corrected chi connectivity index (χ4v) is 17.1. The SMILES string of the molecule is c1ccc(N2c3ccccc3[Si](c3ccc4c(c3)oc3ccccc34)(c3ccc4c(c3)oc3ccccc34)c3ccc(N(c4ccc(-c5cccc6ccccc56)cc4)c4cccc5ccccc45)cc32)cc1. The number of hydrogen-bond acceptors (Lipinski definition) is 4. The standard InChI is InChI=1S/C68H44N2O2Si/c1-2-20-48(21-3-1)70-61-27-10-13-31-67(61)73(51-37-39-58-56-24-8-11-29-63(56)71-65(58)43-51,52-38-40-59-57-25-9-12-30-64(57)72-66(59)44-52)68-41-36-50(42-62(68)70)69(60-28-15-19-46-17-5-7-23-55(46)60)49-34-32-47(33-35-49)54-26-14-18-45-16-4-6-22-53(45)54/h1-44H. The van der Waals surface area contributed by atoms with Crippen molar-refractivity contribution in [3.63, 3.8) is 0 Å². The van der Waals surface area contributed by atoms with Gasteiger partial charge in [-0.2, -0.15) is 0 Å². The summed E-state index contributed by atoms with van der Waals surface area (Å²) in [5.41, 5.74) is 12.5. The zero-order valence-corrected chi connectivity index (χ0v) is 40.6. The van der Waals surface area contributed by atoms with Crippen molar-refractivity contribution in [1.82, 2.24) is 0 Å². The molecule has 4 nitrogen and oxygen atoms in total. The number of benzene rings is 12. The first kappa shape index (κ1) is 41.4. The van der Waals surface area contributed by atoms with E-state index in [9.17, 15) is 0 Å². The van der Waals surface area contributed by atoms with Crippen molar-refractivity contribution in [2.24, 2.45) is 0 Å². The first-order chi connectivity index (χ1) is 36.2. The normalized spacial score (nSPS) is 13.0. The third-order valence-electron chi connectivity index (χ3n) is 15.3. The highest BCUT2D eigenvalue weighted by Crippen LogP contribution is 2.45. The van der Waals surface area contributed by atoms with Crippen LogP contribution in [0.15, 0.2) is 276 Å². The smallest absolute Gasteiger partial charge is 0.184 e. The molecule has 12 aromatic carbocycles. The maximum atomic E-state index is 6.77. The second-order valence-electron chi connectivity index (χ2n) is 19.2. The lowest BCUT2D eigenvalue weighted by molar-refractivity contribution is 0.669. The quantitative estimate of drug-likeness (QED) is 0.149. The summed E-state index contributed by atoms with van der Waals surface area (Å²) in [6.45, 7) is 0. The lowest BCUT2D eigenvalue weighted by Gasteiger charge is -2.45. The van der Waals surface area contributed by atoms with Gasteiger partial charge in [-0.15, -0.1) is 0 Å². The minimum Gasteiger partial charge on any atom is -0.456 e. The minimum atomic E-state index is -3.29. The number of anilines is 6. The first-order valence-corrected chi connectivity index (χ1v) is 27.0. The molecule has 0 amide bonds. The maximum absolute atomic E-state index is 6.77. The third kappa shape index (κ3) is 6.32. The fraction of sp³-hybridized carbons (Fsp3) is 0. The van der Waals surface area contributed by atoms with E-state index in [0.29, 0.717) is 0 Å². The van der Waals surface area contributed by atoms with Crippen LogP contribution in [0.1, 0.15) is 0 Å². The molecule has 5 heteroatoms. The highest BCUT2D eigenvalue weighted by molar-refractivity contribution is 7.21. The molecule has 0 N–H and O–H groups in total. The Balaban J connectivity index is 1.02. The summed E-state index contributed by atoms with van der Waals surface area (Å²) in [6, 6.07) is 97.7. The molecule has 73 heavy (non-hydrogen) atoms. The summed E-state index contributed by atoms with van der Waals surface area (Å²) in [5, 5.41) is 14.3. The highest BCUT2D eigenvalue weighted by atomic mass is 28.3. The molecule has 0 spiro atoms. The molecule has 0 aliphatic carbocycles. The Bertz CT molecular complexity index is 4350. The number of furan rings is 2. The van der Waals surface area contributed by atoms with Gasteiger partial charge in [-0.1, -0.05) is 194 Å². The predicted molar refractivity (Wildman–Crippen MR) is 308 cm³/mol. The molecule has 0 atom stereocenters.